The number of aldehydes is 1. The topological polar surface area (TPSA) is 104 Å². The van der Waals surface area contributed by atoms with Gasteiger partial charge in [0, 0.05) is 5.56 Å². The van der Waals surface area contributed by atoms with Crippen LogP contribution in [0.5, 0.6) is 5.75 Å². The van der Waals surface area contributed by atoms with E-state index in [4.69, 9.17) is 9.84 Å². The van der Waals surface area contributed by atoms with Gasteiger partial charge in [-0.3, -0.25) is 4.79 Å². The molecule has 0 aliphatic heterocycles. The standard InChI is InChI=1S/C11H12O6/c1-17-7-2-3-8(6(4-7)5-12)9(13)10(14)11(15)16/h2-5,9-10,13-14H,1H3,(H,15,16). The van der Waals surface area contributed by atoms with Crippen molar-refractivity contribution in [3.05, 3.63) is 29.3 Å². The number of rotatable bonds is 5. The Morgan fingerprint density at radius 2 is 2.06 bits per heavy atom. The third-order valence-corrected chi connectivity index (χ3v) is 2.29. The molecule has 2 unspecified atom stereocenters. The number of aliphatic carboxylic acids is 1. The lowest BCUT2D eigenvalue weighted by atomic mass is 9.99. The second-order valence-corrected chi connectivity index (χ2v) is 3.34. The molecule has 0 amide bonds. The zero-order valence-electron chi connectivity index (χ0n) is 9.03. The number of hydrogen-bond acceptors (Lipinski definition) is 5. The van der Waals surface area contributed by atoms with Gasteiger partial charge in [-0.1, -0.05) is 6.07 Å². The lowest BCUT2D eigenvalue weighted by Crippen LogP contribution is -2.28. The van der Waals surface area contributed by atoms with Crippen molar-refractivity contribution in [1.29, 1.82) is 0 Å². The van der Waals surface area contributed by atoms with Gasteiger partial charge in [0.2, 0.25) is 0 Å². The monoisotopic (exact) mass is 240 g/mol. The molecule has 0 aliphatic carbocycles. The molecule has 17 heavy (non-hydrogen) atoms. The van der Waals surface area contributed by atoms with Gasteiger partial charge in [0.15, 0.2) is 12.4 Å². The quantitative estimate of drug-likeness (QED) is 0.625. The molecule has 0 spiro atoms. The number of aliphatic hydroxyl groups is 2. The first-order valence-electron chi connectivity index (χ1n) is 4.73. The summed E-state index contributed by atoms with van der Waals surface area (Å²) >= 11 is 0. The highest BCUT2D eigenvalue weighted by molar-refractivity contribution is 5.80. The van der Waals surface area contributed by atoms with Crippen molar-refractivity contribution < 1.29 is 29.6 Å². The molecule has 6 nitrogen and oxygen atoms in total. The van der Waals surface area contributed by atoms with Gasteiger partial charge in [0.25, 0.3) is 0 Å². The van der Waals surface area contributed by atoms with Crippen molar-refractivity contribution in [1.82, 2.24) is 0 Å². The minimum atomic E-state index is -1.98. The molecular formula is C11H12O6. The second kappa shape index (κ2) is 5.42. The fourth-order valence-electron chi connectivity index (χ4n) is 1.36. The van der Waals surface area contributed by atoms with Crippen LogP contribution in [0.15, 0.2) is 18.2 Å². The molecule has 0 saturated carbocycles. The van der Waals surface area contributed by atoms with E-state index in [1.54, 1.807) is 0 Å². The van der Waals surface area contributed by atoms with Gasteiger partial charge < -0.3 is 20.1 Å². The van der Waals surface area contributed by atoms with E-state index >= 15 is 0 Å². The highest BCUT2D eigenvalue weighted by Gasteiger charge is 2.27. The Morgan fingerprint density at radius 3 is 2.53 bits per heavy atom. The van der Waals surface area contributed by atoms with Crippen LogP contribution in [0, 0.1) is 0 Å². The highest BCUT2D eigenvalue weighted by Crippen LogP contribution is 2.24. The number of ether oxygens (including phenoxy) is 1. The largest absolute Gasteiger partial charge is 0.497 e. The number of aliphatic hydroxyl groups excluding tert-OH is 2. The zero-order valence-corrected chi connectivity index (χ0v) is 9.03. The lowest BCUT2D eigenvalue weighted by Gasteiger charge is -2.16. The van der Waals surface area contributed by atoms with Gasteiger partial charge in [-0.05, 0) is 17.7 Å². The van der Waals surface area contributed by atoms with E-state index in [2.05, 4.69) is 0 Å². The molecule has 0 aromatic heterocycles. The summed E-state index contributed by atoms with van der Waals surface area (Å²) in [6.45, 7) is 0. The van der Waals surface area contributed by atoms with Gasteiger partial charge in [-0.25, -0.2) is 4.79 Å². The Morgan fingerprint density at radius 1 is 1.41 bits per heavy atom. The van der Waals surface area contributed by atoms with Gasteiger partial charge in [-0.15, -0.1) is 0 Å². The first-order chi connectivity index (χ1) is 8.01. The Labute approximate surface area is 97.1 Å². The van der Waals surface area contributed by atoms with Crippen LogP contribution in [0.2, 0.25) is 0 Å². The molecule has 1 rings (SSSR count). The van der Waals surface area contributed by atoms with E-state index in [0.717, 1.165) is 0 Å². The molecule has 1 aromatic rings. The highest BCUT2D eigenvalue weighted by atomic mass is 16.5. The van der Waals surface area contributed by atoms with Crippen LogP contribution < -0.4 is 4.74 Å². The molecule has 0 aliphatic rings. The molecule has 1 aromatic carbocycles. The fraction of sp³-hybridized carbons (Fsp3) is 0.273. The number of carboxylic acids is 1. The summed E-state index contributed by atoms with van der Waals surface area (Å²) in [4.78, 5) is 21.3. The van der Waals surface area contributed by atoms with Gasteiger partial charge in [-0.2, -0.15) is 0 Å². The summed E-state index contributed by atoms with van der Waals surface area (Å²) < 4.78 is 4.88. The minimum Gasteiger partial charge on any atom is -0.497 e. The van der Waals surface area contributed by atoms with Crippen molar-refractivity contribution in [2.45, 2.75) is 12.2 Å². The molecule has 3 N–H and O–H groups in total. The van der Waals surface area contributed by atoms with Crippen LogP contribution in [0.1, 0.15) is 22.0 Å². The van der Waals surface area contributed by atoms with E-state index in [1.165, 1.54) is 25.3 Å². The predicted molar refractivity (Wildman–Crippen MR) is 57.0 cm³/mol. The number of methoxy groups -OCH3 is 1. The smallest absolute Gasteiger partial charge is 0.335 e. The lowest BCUT2D eigenvalue weighted by molar-refractivity contribution is -0.153. The summed E-state index contributed by atoms with van der Waals surface area (Å²) in [5.74, 6) is -1.17. The Bertz CT molecular complexity index is 428. The normalized spacial score (nSPS) is 13.8. The fourth-order valence-corrected chi connectivity index (χ4v) is 1.36. The summed E-state index contributed by atoms with van der Waals surface area (Å²) in [5.41, 5.74) is 0.104. The third-order valence-electron chi connectivity index (χ3n) is 2.29. The van der Waals surface area contributed by atoms with Crippen LogP contribution in [-0.2, 0) is 4.79 Å². The van der Waals surface area contributed by atoms with E-state index < -0.39 is 18.2 Å². The number of benzene rings is 1. The first-order valence-corrected chi connectivity index (χ1v) is 4.73. The van der Waals surface area contributed by atoms with Crippen molar-refractivity contribution in [3.8, 4) is 5.75 Å². The number of carboxylic acid groups (broad SMARTS) is 1. The maximum Gasteiger partial charge on any atom is 0.335 e. The van der Waals surface area contributed by atoms with Gasteiger partial charge >= 0.3 is 5.97 Å². The molecule has 0 saturated heterocycles. The summed E-state index contributed by atoms with van der Waals surface area (Å²) in [7, 11) is 1.41. The van der Waals surface area contributed by atoms with Crippen molar-refractivity contribution in [3.63, 3.8) is 0 Å². The van der Waals surface area contributed by atoms with E-state index in [9.17, 15) is 19.8 Å². The number of carbonyl (C=O) groups is 2. The van der Waals surface area contributed by atoms with Crippen LogP contribution in [0.4, 0.5) is 0 Å². The average Bonchev–Trinajstić information content (AvgIpc) is 2.35. The summed E-state index contributed by atoms with van der Waals surface area (Å²) in [6, 6.07) is 4.14. The summed E-state index contributed by atoms with van der Waals surface area (Å²) in [6.07, 6.45) is -3.20. The van der Waals surface area contributed by atoms with Gasteiger partial charge in [0.1, 0.15) is 11.9 Å². The van der Waals surface area contributed by atoms with Crippen LogP contribution in [0.25, 0.3) is 0 Å². The van der Waals surface area contributed by atoms with Crippen molar-refractivity contribution >= 4 is 12.3 Å². The SMILES string of the molecule is COc1ccc(C(O)C(O)C(=O)O)c(C=O)c1. The van der Waals surface area contributed by atoms with Crippen LogP contribution >= 0.6 is 0 Å². The van der Waals surface area contributed by atoms with Crippen molar-refractivity contribution in [2.24, 2.45) is 0 Å². The maximum absolute atomic E-state index is 10.8. The molecule has 2 atom stereocenters. The second-order valence-electron chi connectivity index (χ2n) is 3.34. The zero-order chi connectivity index (χ0) is 13.0. The maximum atomic E-state index is 10.8. The van der Waals surface area contributed by atoms with Crippen LogP contribution in [-0.4, -0.2) is 40.8 Å². The molecule has 92 valence electrons. The van der Waals surface area contributed by atoms with E-state index in [0.29, 0.717) is 12.0 Å². The van der Waals surface area contributed by atoms with Gasteiger partial charge in [0.05, 0.1) is 7.11 Å². The first kappa shape index (κ1) is 13.1. The Kier molecular flexibility index (Phi) is 4.19. The molecule has 6 heteroatoms. The minimum absolute atomic E-state index is 0.0377. The summed E-state index contributed by atoms with van der Waals surface area (Å²) in [5, 5.41) is 27.4. The number of hydrogen-bond donors (Lipinski definition) is 3. The molecule has 0 heterocycles. The Balaban J connectivity index is 3.13. The third kappa shape index (κ3) is 2.80. The van der Waals surface area contributed by atoms with Crippen LogP contribution in [0.3, 0.4) is 0 Å². The average molecular weight is 240 g/mol. The number of carbonyl (C=O) groups excluding carboxylic acids is 1. The van der Waals surface area contributed by atoms with E-state index in [1.807, 2.05) is 0 Å². The molecule has 0 fully saturated rings. The molecular weight excluding hydrogens is 228 g/mol. The van der Waals surface area contributed by atoms with Crippen molar-refractivity contribution in [2.75, 3.05) is 7.11 Å². The Hall–Kier alpha value is -1.92. The van der Waals surface area contributed by atoms with E-state index in [-0.39, 0.29) is 11.1 Å². The molecule has 0 radical (unpaired) electrons. The predicted octanol–water partition coefficient (Wildman–Crippen LogP) is -0.0134. The molecule has 0 bridgehead atoms.